The third-order valence-corrected chi connectivity index (χ3v) is 3.84. The van der Waals surface area contributed by atoms with E-state index in [1.54, 1.807) is 7.11 Å². The van der Waals surface area contributed by atoms with E-state index in [9.17, 15) is 0 Å². The Hall–Kier alpha value is -2.42. The molecule has 0 atom stereocenters. The first kappa shape index (κ1) is 13.6. The van der Waals surface area contributed by atoms with Gasteiger partial charge >= 0.3 is 0 Å². The molecule has 0 amide bonds. The summed E-state index contributed by atoms with van der Waals surface area (Å²) >= 11 is 0. The van der Waals surface area contributed by atoms with Crippen molar-refractivity contribution >= 4 is 10.9 Å². The molecule has 108 valence electrons. The molecule has 0 aliphatic rings. The molecule has 1 heterocycles. The summed E-state index contributed by atoms with van der Waals surface area (Å²) in [6, 6.07) is 14.1. The van der Waals surface area contributed by atoms with Crippen molar-refractivity contribution in [3.63, 3.8) is 0 Å². The van der Waals surface area contributed by atoms with Gasteiger partial charge in [0.15, 0.2) is 0 Å². The molecule has 1 N–H and O–H groups in total. The highest BCUT2D eigenvalue weighted by Gasteiger charge is 2.14. The Morgan fingerprint density at radius 1 is 0.952 bits per heavy atom. The van der Waals surface area contributed by atoms with Gasteiger partial charge in [0, 0.05) is 11.1 Å². The lowest BCUT2D eigenvalue weighted by Crippen LogP contribution is -1.96. The van der Waals surface area contributed by atoms with Crippen LogP contribution in [0.25, 0.3) is 10.9 Å². The number of hydrogen-bond donors (Lipinski definition) is 1. The zero-order chi connectivity index (χ0) is 14.8. The third-order valence-electron chi connectivity index (χ3n) is 3.84. The molecule has 0 aliphatic heterocycles. The van der Waals surface area contributed by atoms with Gasteiger partial charge in [-0.3, -0.25) is 0 Å². The number of aryl methyl sites for hydroxylation is 2. The van der Waals surface area contributed by atoms with Crippen LogP contribution in [0.4, 0.5) is 0 Å². The topological polar surface area (TPSA) is 34.2 Å². The summed E-state index contributed by atoms with van der Waals surface area (Å²) < 4.78 is 11.5. The molecule has 0 saturated carbocycles. The Kier molecular flexibility index (Phi) is 3.57. The highest BCUT2D eigenvalue weighted by molar-refractivity contribution is 5.94. The van der Waals surface area contributed by atoms with E-state index >= 15 is 0 Å². The molecule has 3 aromatic rings. The monoisotopic (exact) mass is 281 g/mol. The SMILES string of the molecule is COc1ccc(OCc2ccccc2)c2[nH]c(C)c(C)c12. The van der Waals surface area contributed by atoms with Crippen LogP contribution in [0.1, 0.15) is 16.8 Å². The molecular weight excluding hydrogens is 262 g/mol. The van der Waals surface area contributed by atoms with Crippen molar-refractivity contribution < 1.29 is 9.47 Å². The minimum absolute atomic E-state index is 0.555. The molecule has 3 nitrogen and oxygen atoms in total. The van der Waals surface area contributed by atoms with Gasteiger partial charge in [-0.1, -0.05) is 30.3 Å². The molecule has 1 aromatic heterocycles. The predicted molar refractivity (Wildman–Crippen MR) is 85.1 cm³/mol. The van der Waals surface area contributed by atoms with Gasteiger partial charge in [0.2, 0.25) is 0 Å². The smallest absolute Gasteiger partial charge is 0.144 e. The van der Waals surface area contributed by atoms with Gasteiger partial charge < -0.3 is 14.5 Å². The standard InChI is InChI=1S/C18H19NO2/c1-12-13(2)19-18-16(10-9-15(20-3)17(12)18)21-11-14-7-5-4-6-8-14/h4-10,19H,11H2,1-3H3. The van der Waals surface area contributed by atoms with Gasteiger partial charge in [0.05, 0.1) is 12.6 Å². The zero-order valence-corrected chi connectivity index (χ0v) is 12.6. The van der Waals surface area contributed by atoms with Gasteiger partial charge in [0.25, 0.3) is 0 Å². The molecule has 0 radical (unpaired) electrons. The molecule has 0 saturated heterocycles. The molecule has 0 fully saturated rings. The van der Waals surface area contributed by atoms with Gasteiger partial charge in [-0.15, -0.1) is 0 Å². The summed E-state index contributed by atoms with van der Waals surface area (Å²) in [7, 11) is 1.70. The molecule has 21 heavy (non-hydrogen) atoms. The fourth-order valence-electron chi connectivity index (χ4n) is 2.56. The average molecular weight is 281 g/mol. The van der Waals surface area contributed by atoms with Crippen molar-refractivity contribution in [2.24, 2.45) is 0 Å². The molecule has 2 aromatic carbocycles. The number of rotatable bonds is 4. The van der Waals surface area contributed by atoms with Crippen LogP contribution >= 0.6 is 0 Å². The fourth-order valence-corrected chi connectivity index (χ4v) is 2.56. The van der Waals surface area contributed by atoms with Crippen LogP contribution in [-0.2, 0) is 6.61 Å². The maximum atomic E-state index is 5.99. The largest absolute Gasteiger partial charge is 0.496 e. The lowest BCUT2D eigenvalue weighted by Gasteiger charge is -2.10. The molecular formula is C18H19NO2. The number of aromatic nitrogens is 1. The number of aromatic amines is 1. The number of fused-ring (bicyclic) bond motifs is 1. The Bertz CT molecular complexity index is 760. The first-order valence-electron chi connectivity index (χ1n) is 7.03. The maximum absolute atomic E-state index is 5.99. The van der Waals surface area contributed by atoms with Gasteiger partial charge in [-0.2, -0.15) is 0 Å². The summed E-state index contributed by atoms with van der Waals surface area (Å²) in [4.78, 5) is 3.40. The van der Waals surface area contributed by atoms with Gasteiger partial charge in [-0.05, 0) is 37.1 Å². The lowest BCUT2D eigenvalue weighted by molar-refractivity contribution is 0.309. The number of nitrogens with one attached hydrogen (secondary N) is 1. The van der Waals surface area contributed by atoms with E-state index in [0.717, 1.165) is 33.7 Å². The summed E-state index contributed by atoms with van der Waals surface area (Å²) in [5, 5.41) is 1.10. The number of methoxy groups -OCH3 is 1. The van der Waals surface area contributed by atoms with Gasteiger partial charge in [-0.25, -0.2) is 0 Å². The Labute approximate surface area is 124 Å². The molecule has 0 aliphatic carbocycles. The van der Waals surface area contributed by atoms with Crippen molar-refractivity contribution in [1.29, 1.82) is 0 Å². The van der Waals surface area contributed by atoms with Crippen LogP contribution in [0.3, 0.4) is 0 Å². The molecule has 3 rings (SSSR count). The second kappa shape index (κ2) is 5.52. The summed E-state index contributed by atoms with van der Waals surface area (Å²) in [5.74, 6) is 1.73. The minimum atomic E-state index is 0.555. The highest BCUT2D eigenvalue weighted by atomic mass is 16.5. The normalized spacial score (nSPS) is 10.8. The summed E-state index contributed by atoms with van der Waals surface area (Å²) in [5.41, 5.74) is 4.49. The third kappa shape index (κ3) is 2.47. The maximum Gasteiger partial charge on any atom is 0.144 e. The van der Waals surface area contributed by atoms with Crippen molar-refractivity contribution in [2.45, 2.75) is 20.5 Å². The first-order valence-corrected chi connectivity index (χ1v) is 7.03. The van der Waals surface area contributed by atoms with Crippen molar-refractivity contribution in [3.05, 3.63) is 59.3 Å². The Morgan fingerprint density at radius 2 is 1.67 bits per heavy atom. The van der Waals surface area contributed by atoms with E-state index in [1.807, 2.05) is 30.3 Å². The highest BCUT2D eigenvalue weighted by Crippen LogP contribution is 2.36. The van der Waals surface area contributed by atoms with E-state index in [1.165, 1.54) is 5.56 Å². The number of ether oxygens (including phenoxy) is 2. The van der Waals surface area contributed by atoms with Crippen LogP contribution < -0.4 is 9.47 Å². The van der Waals surface area contributed by atoms with E-state index in [4.69, 9.17) is 9.47 Å². The van der Waals surface area contributed by atoms with Crippen molar-refractivity contribution in [1.82, 2.24) is 4.98 Å². The first-order chi connectivity index (χ1) is 10.2. The molecule has 0 unspecified atom stereocenters. The van der Waals surface area contributed by atoms with Crippen LogP contribution in [0.15, 0.2) is 42.5 Å². The van der Waals surface area contributed by atoms with E-state index in [2.05, 4.69) is 31.0 Å². The van der Waals surface area contributed by atoms with Crippen LogP contribution in [0, 0.1) is 13.8 Å². The Morgan fingerprint density at radius 3 is 2.38 bits per heavy atom. The van der Waals surface area contributed by atoms with Crippen LogP contribution in [-0.4, -0.2) is 12.1 Å². The quantitative estimate of drug-likeness (QED) is 0.770. The molecule has 0 bridgehead atoms. The fraction of sp³-hybridized carbons (Fsp3) is 0.222. The minimum Gasteiger partial charge on any atom is -0.496 e. The second-order valence-electron chi connectivity index (χ2n) is 5.17. The van der Waals surface area contributed by atoms with Crippen molar-refractivity contribution in [2.75, 3.05) is 7.11 Å². The number of benzene rings is 2. The average Bonchev–Trinajstić information content (AvgIpc) is 2.82. The summed E-state index contributed by atoms with van der Waals surface area (Å²) in [6.07, 6.45) is 0. The van der Waals surface area contributed by atoms with Crippen LogP contribution in [0.5, 0.6) is 11.5 Å². The van der Waals surface area contributed by atoms with E-state index < -0.39 is 0 Å². The van der Waals surface area contributed by atoms with Crippen LogP contribution in [0.2, 0.25) is 0 Å². The van der Waals surface area contributed by atoms with E-state index in [-0.39, 0.29) is 0 Å². The number of H-pyrrole nitrogens is 1. The van der Waals surface area contributed by atoms with E-state index in [0.29, 0.717) is 6.61 Å². The molecule has 0 spiro atoms. The molecule has 3 heteroatoms. The van der Waals surface area contributed by atoms with Gasteiger partial charge in [0.1, 0.15) is 18.1 Å². The number of hydrogen-bond acceptors (Lipinski definition) is 2. The Balaban J connectivity index is 1.98. The second-order valence-corrected chi connectivity index (χ2v) is 5.17. The summed E-state index contributed by atoms with van der Waals surface area (Å²) in [6.45, 7) is 4.72. The zero-order valence-electron chi connectivity index (χ0n) is 12.6. The predicted octanol–water partition coefficient (Wildman–Crippen LogP) is 4.37. The lowest BCUT2D eigenvalue weighted by atomic mass is 10.1. The van der Waals surface area contributed by atoms with Crippen molar-refractivity contribution in [3.8, 4) is 11.5 Å².